The first-order valence-corrected chi connectivity index (χ1v) is 11.8. The number of carbonyl (C=O) groups excluding carboxylic acids is 1. The van der Waals surface area contributed by atoms with Crippen molar-refractivity contribution < 1.29 is 14.3 Å². The van der Waals surface area contributed by atoms with E-state index in [0.29, 0.717) is 40.4 Å². The summed E-state index contributed by atoms with van der Waals surface area (Å²) in [6.45, 7) is 4.47. The standard InChI is InChI=1S/C25H27N3O4S/c1-5-32-19-11-10-16(12-20(19)31-4)18-13-21(29)26-23-22(18)24(30)27-25(28(23)3)33-14-17-9-7-6-8-15(17)2/h6-12,18H,5,13-14H2,1-4H3,(H,26,29). The Bertz CT molecular complexity index is 1250. The smallest absolute Gasteiger partial charge is 0.279 e. The van der Waals surface area contributed by atoms with E-state index in [1.807, 2.05) is 44.3 Å². The van der Waals surface area contributed by atoms with Gasteiger partial charge in [0.2, 0.25) is 5.91 Å². The van der Waals surface area contributed by atoms with Gasteiger partial charge in [-0.15, -0.1) is 0 Å². The third-order valence-corrected chi connectivity index (χ3v) is 6.89. The number of hydrogen-bond acceptors (Lipinski definition) is 6. The SMILES string of the molecule is CCOc1ccc(C2CC(=O)Nc3c2c(=O)nc(SCc2ccccc2C)n3C)cc1OC. The van der Waals surface area contributed by atoms with Crippen LogP contribution in [-0.4, -0.2) is 29.2 Å². The maximum atomic E-state index is 13.2. The van der Waals surface area contributed by atoms with Gasteiger partial charge in [-0.05, 0) is 42.7 Å². The number of nitrogens with one attached hydrogen (secondary N) is 1. The van der Waals surface area contributed by atoms with Crippen LogP contribution in [0, 0.1) is 6.92 Å². The fourth-order valence-electron chi connectivity index (χ4n) is 4.04. The second kappa shape index (κ2) is 9.70. The van der Waals surface area contributed by atoms with E-state index in [0.717, 1.165) is 5.56 Å². The van der Waals surface area contributed by atoms with Crippen molar-refractivity contribution >= 4 is 23.5 Å². The number of amides is 1. The predicted octanol–water partition coefficient (Wildman–Crippen LogP) is 4.26. The van der Waals surface area contributed by atoms with Crippen LogP contribution in [0.3, 0.4) is 0 Å². The third kappa shape index (κ3) is 4.61. The number of thioether (sulfide) groups is 1. The van der Waals surface area contributed by atoms with Crippen LogP contribution in [0.5, 0.6) is 11.5 Å². The van der Waals surface area contributed by atoms with E-state index in [4.69, 9.17) is 9.47 Å². The summed E-state index contributed by atoms with van der Waals surface area (Å²) in [6.07, 6.45) is 0.163. The summed E-state index contributed by atoms with van der Waals surface area (Å²) < 4.78 is 12.9. The van der Waals surface area contributed by atoms with Crippen LogP contribution in [0.25, 0.3) is 0 Å². The number of rotatable bonds is 7. The molecule has 1 atom stereocenters. The molecular weight excluding hydrogens is 438 g/mol. The van der Waals surface area contributed by atoms with Crippen LogP contribution in [0.1, 0.15) is 41.5 Å². The summed E-state index contributed by atoms with van der Waals surface area (Å²) >= 11 is 1.48. The van der Waals surface area contributed by atoms with Crippen molar-refractivity contribution in [1.29, 1.82) is 0 Å². The van der Waals surface area contributed by atoms with Gasteiger partial charge in [0.05, 0.1) is 19.3 Å². The van der Waals surface area contributed by atoms with Crippen molar-refractivity contribution in [2.45, 2.75) is 37.1 Å². The van der Waals surface area contributed by atoms with Gasteiger partial charge in [-0.25, -0.2) is 0 Å². The van der Waals surface area contributed by atoms with Crippen LogP contribution < -0.4 is 20.3 Å². The molecule has 2 aromatic carbocycles. The summed E-state index contributed by atoms with van der Waals surface area (Å²) in [4.78, 5) is 30.2. The molecule has 1 amide bonds. The molecule has 1 aliphatic heterocycles. The molecule has 0 bridgehead atoms. The number of benzene rings is 2. The number of aryl methyl sites for hydroxylation is 1. The first-order chi connectivity index (χ1) is 15.9. The molecule has 0 fully saturated rings. The number of aromatic nitrogens is 2. The van der Waals surface area contributed by atoms with E-state index in [2.05, 4.69) is 29.4 Å². The first-order valence-electron chi connectivity index (χ1n) is 10.8. The average molecular weight is 466 g/mol. The summed E-state index contributed by atoms with van der Waals surface area (Å²) in [5.74, 6) is 1.81. The number of anilines is 1. The van der Waals surface area contributed by atoms with Crippen LogP contribution in [0.2, 0.25) is 0 Å². The third-order valence-electron chi connectivity index (χ3n) is 5.81. The molecule has 1 aliphatic rings. The molecule has 1 N–H and O–H groups in total. The highest BCUT2D eigenvalue weighted by atomic mass is 32.2. The first kappa shape index (κ1) is 22.9. The highest BCUT2D eigenvalue weighted by Gasteiger charge is 2.32. The quantitative estimate of drug-likeness (QED) is 0.415. The monoisotopic (exact) mass is 465 g/mol. The molecule has 0 radical (unpaired) electrons. The van der Waals surface area contributed by atoms with Crippen LogP contribution >= 0.6 is 11.8 Å². The molecule has 1 unspecified atom stereocenters. The Morgan fingerprint density at radius 2 is 1.97 bits per heavy atom. The zero-order chi connectivity index (χ0) is 23.5. The van der Waals surface area contributed by atoms with Gasteiger partial charge in [0.1, 0.15) is 5.82 Å². The van der Waals surface area contributed by atoms with Crippen molar-refractivity contribution in [2.24, 2.45) is 7.05 Å². The minimum absolute atomic E-state index is 0.142. The molecule has 7 nitrogen and oxygen atoms in total. The number of fused-ring (bicyclic) bond motifs is 1. The highest BCUT2D eigenvalue weighted by Crippen LogP contribution is 2.39. The van der Waals surface area contributed by atoms with Gasteiger partial charge in [-0.3, -0.25) is 9.59 Å². The molecule has 8 heteroatoms. The van der Waals surface area contributed by atoms with E-state index < -0.39 is 5.92 Å². The van der Waals surface area contributed by atoms with Gasteiger partial charge < -0.3 is 19.4 Å². The molecule has 0 saturated carbocycles. The van der Waals surface area contributed by atoms with E-state index in [-0.39, 0.29) is 17.9 Å². The van der Waals surface area contributed by atoms with Crippen LogP contribution in [0.15, 0.2) is 52.4 Å². The lowest BCUT2D eigenvalue weighted by atomic mass is 9.86. The van der Waals surface area contributed by atoms with Crippen molar-refractivity contribution in [3.05, 3.63) is 75.1 Å². The fraction of sp³-hybridized carbons (Fsp3) is 0.320. The summed E-state index contributed by atoms with van der Waals surface area (Å²) in [7, 11) is 3.40. The van der Waals surface area contributed by atoms with E-state index in [9.17, 15) is 9.59 Å². The van der Waals surface area contributed by atoms with Gasteiger partial charge >= 0.3 is 0 Å². The Labute approximate surface area is 197 Å². The number of methoxy groups -OCH3 is 1. The Balaban J connectivity index is 1.72. The minimum Gasteiger partial charge on any atom is -0.493 e. The maximum Gasteiger partial charge on any atom is 0.279 e. The molecule has 0 spiro atoms. The Morgan fingerprint density at radius 1 is 1.18 bits per heavy atom. The van der Waals surface area contributed by atoms with Crippen LogP contribution in [-0.2, 0) is 17.6 Å². The summed E-state index contributed by atoms with van der Waals surface area (Å²) in [5, 5.41) is 3.46. The maximum absolute atomic E-state index is 13.2. The largest absolute Gasteiger partial charge is 0.493 e. The molecule has 0 aliphatic carbocycles. The Hall–Kier alpha value is -3.26. The molecule has 1 aromatic heterocycles. The summed E-state index contributed by atoms with van der Waals surface area (Å²) in [6, 6.07) is 13.6. The van der Waals surface area contributed by atoms with Gasteiger partial charge in [0.15, 0.2) is 16.7 Å². The Kier molecular flexibility index (Phi) is 6.74. The number of hydrogen-bond donors (Lipinski definition) is 1. The van der Waals surface area contributed by atoms with Gasteiger partial charge in [-0.2, -0.15) is 4.98 Å². The van der Waals surface area contributed by atoms with E-state index in [1.54, 1.807) is 11.7 Å². The van der Waals surface area contributed by atoms with Gasteiger partial charge in [0.25, 0.3) is 5.56 Å². The van der Waals surface area contributed by atoms with Gasteiger partial charge in [0, 0.05) is 25.1 Å². The molecule has 33 heavy (non-hydrogen) atoms. The zero-order valence-corrected chi connectivity index (χ0v) is 20.0. The van der Waals surface area contributed by atoms with Crippen molar-refractivity contribution in [3.63, 3.8) is 0 Å². The topological polar surface area (TPSA) is 82.5 Å². The minimum atomic E-state index is -0.417. The normalized spacial score (nSPS) is 15.0. The highest BCUT2D eigenvalue weighted by molar-refractivity contribution is 7.98. The van der Waals surface area contributed by atoms with Crippen LogP contribution in [0.4, 0.5) is 5.82 Å². The Morgan fingerprint density at radius 3 is 2.70 bits per heavy atom. The van der Waals surface area contributed by atoms with E-state index in [1.165, 1.54) is 22.9 Å². The fourth-order valence-corrected chi connectivity index (χ4v) is 5.08. The lowest BCUT2D eigenvalue weighted by Crippen LogP contribution is -2.33. The lowest BCUT2D eigenvalue weighted by Gasteiger charge is -2.28. The molecule has 172 valence electrons. The van der Waals surface area contributed by atoms with Gasteiger partial charge in [-0.1, -0.05) is 42.1 Å². The average Bonchev–Trinajstić information content (AvgIpc) is 2.81. The second-order valence-corrected chi connectivity index (χ2v) is 8.83. The number of ether oxygens (including phenoxy) is 2. The second-order valence-electron chi connectivity index (χ2n) is 7.88. The number of nitrogens with zero attached hydrogens (tertiary/aromatic N) is 2. The molecule has 3 aromatic rings. The van der Waals surface area contributed by atoms with Crippen molar-refractivity contribution in [2.75, 3.05) is 19.0 Å². The summed E-state index contributed by atoms with van der Waals surface area (Å²) in [5.41, 5.74) is 3.34. The lowest BCUT2D eigenvalue weighted by molar-refractivity contribution is -0.116. The number of carbonyl (C=O) groups is 1. The van der Waals surface area contributed by atoms with E-state index >= 15 is 0 Å². The zero-order valence-electron chi connectivity index (χ0n) is 19.2. The molecule has 0 saturated heterocycles. The van der Waals surface area contributed by atoms with Crippen molar-refractivity contribution in [3.8, 4) is 11.5 Å². The predicted molar refractivity (Wildman–Crippen MR) is 129 cm³/mol. The van der Waals surface area contributed by atoms with Crippen molar-refractivity contribution in [1.82, 2.24) is 9.55 Å². The molecular formula is C25H27N3O4S. The molecule has 4 rings (SSSR count). The molecule has 2 heterocycles.